The number of nitrogens with zero attached hydrogens (tertiary/aromatic N) is 2. The van der Waals surface area contributed by atoms with Gasteiger partial charge in [-0.3, -0.25) is 11.3 Å². The van der Waals surface area contributed by atoms with Crippen LogP contribution in [0.4, 0.5) is 13.2 Å². The molecule has 0 saturated carbocycles. The van der Waals surface area contributed by atoms with Crippen LogP contribution in [0.5, 0.6) is 0 Å². The molecule has 0 radical (unpaired) electrons. The summed E-state index contributed by atoms with van der Waals surface area (Å²) in [6.45, 7) is 0.467. The van der Waals surface area contributed by atoms with E-state index in [1.54, 1.807) is 0 Å². The Kier molecular flexibility index (Phi) is 3.37. The Morgan fingerprint density at radius 3 is 2.29 bits per heavy atom. The van der Waals surface area contributed by atoms with Crippen LogP contribution in [0.2, 0.25) is 0 Å². The monoisotopic (exact) mass is 206 g/mol. The third-order valence-corrected chi connectivity index (χ3v) is 1.52. The number of rotatable bonds is 3. The number of hydrazine groups is 1. The second kappa shape index (κ2) is 4.34. The summed E-state index contributed by atoms with van der Waals surface area (Å²) in [6, 6.07) is 0. The molecule has 4 nitrogen and oxygen atoms in total. The molecule has 0 amide bonds. The highest BCUT2D eigenvalue weighted by atomic mass is 19.4. The van der Waals surface area contributed by atoms with Crippen molar-refractivity contribution in [3.63, 3.8) is 0 Å². The normalized spacial score (nSPS) is 11.7. The predicted molar refractivity (Wildman–Crippen MR) is 42.9 cm³/mol. The number of hydrogen-bond donors (Lipinski definition) is 2. The minimum atomic E-state index is -4.48. The summed E-state index contributed by atoms with van der Waals surface area (Å²) < 4.78 is 36.0. The Morgan fingerprint density at radius 2 is 1.86 bits per heavy atom. The average molecular weight is 206 g/mol. The molecule has 0 spiro atoms. The summed E-state index contributed by atoms with van der Waals surface area (Å²) in [5.74, 6) is 3.88. The molecule has 0 aliphatic rings. The van der Waals surface area contributed by atoms with E-state index in [1.165, 1.54) is 0 Å². The Labute approximate surface area is 78.3 Å². The van der Waals surface area contributed by atoms with Crippen LogP contribution < -0.4 is 11.3 Å². The lowest BCUT2D eigenvalue weighted by atomic mass is 10.2. The van der Waals surface area contributed by atoms with Crippen molar-refractivity contribution in [1.82, 2.24) is 15.4 Å². The van der Waals surface area contributed by atoms with E-state index >= 15 is 0 Å². The van der Waals surface area contributed by atoms with Crippen LogP contribution in [0.15, 0.2) is 12.4 Å². The highest BCUT2D eigenvalue weighted by Crippen LogP contribution is 2.25. The maximum atomic E-state index is 12.0. The molecule has 7 heteroatoms. The minimum Gasteiger partial charge on any atom is -0.271 e. The number of nitrogens with one attached hydrogen (secondary N) is 1. The van der Waals surface area contributed by atoms with Crippen LogP contribution in [0.3, 0.4) is 0 Å². The van der Waals surface area contributed by atoms with Gasteiger partial charge in [-0.05, 0) is 12.0 Å². The first-order valence-electron chi connectivity index (χ1n) is 3.85. The third-order valence-electron chi connectivity index (χ3n) is 1.52. The first-order chi connectivity index (χ1) is 6.54. The number of nitrogens with two attached hydrogens (primary N) is 1. The van der Waals surface area contributed by atoms with E-state index in [0.717, 1.165) is 12.4 Å². The van der Waals surface area contributed by atoms with Gasteiger partial charge >= 0.3 is 6.18 Å². The number of halogens is 3. The van der Waals surface area contributed by atoms with Gasteiger partial charge in [-0.2, -0.15) is 13.2 Å². The van der Waals surface area contributed by atoms with Gasteiger partial charge in [-0.15, -0.1) is 0 Å². The molecule has 1 aromatic rings. The highest BCUT2D eigenvalue weighted by molar-refractivity contribution is 5.06. The highest BCUT2D eigenvalue weighted by Gasteiger charge is 2.34. The van der Waals surface area contributed by atoms with Gasteiger partial charge in [0.25, 0.3) is 0 Å². The zero-order chi connectivity index (χ0) is 10.6. The average Bonchev–Trinajstić information content (AvgIpc) is 2.14. The first-order valence-corrected chi connectivity index (χ1v) is 3.85. The Bertz CT molecular complexity index is 282. The fourth-order valence-electron chi connectivity index (χ4n) is 0.847. The van der Waals surface area contributed by atoms with E-state index in [4.69, 9.17) is 5.84 Å². The van der Waals surface area contributed by atoms with Crippen molar-refractivity contribution in [3.8, 4) is 0 Å². The first kappa shape index (κ1) is 10.9. The fraction of sp³-hybridized carbons (Fsp3) is 0.429. The zero-order valence-electron chi connectivity index (χ0n) is 7.17. The molecule has 78 valence electrons. The molecule has 3 N–H and O–H groups in total. The van der Waals surface area contributed by atoms with Crippen molar-refractivity contribution in [2.45, 2.75) is 12.6 Å². The molecule has 0 bridgehead atoms. The van der Waals surface area contributed by atoms with Crippen LogP contribution in [0, 0.1) is 0 Å². The summed E-state index contributed by atoms with van der Waals surface area (Å²) in [4.78, 5) is 6.40. The van der Waals surface area contributed by atoms with E-state index in [9.17, 15) is 13.2 Å². The van der Waals surface area contributed by atoms with Gasteiger partial charge < -0.3 is 0 Å². The maximum absolute atomic E-state index is 12.0. The zero-order valence-corrected chi connectivity index (χ0v) is 7.17. The molecule has 0 atom stereocenters. The predicted octanol–water partition coefficient (Wildman–Crippen LogP) is 0.501. The number of aromatic nitrogens is 2. The van der Waals surface area contributed by atoms with Gasteiger partial charge in [0.05, 0.1) is 0 Å². The second-order valence-corrected chi connectivity index (χ2v) is 2.62. The SMILES string of the molecule is NNCCc1cnc(C(F)(F)F)nc1. The van der Waals surface area contributed by atoms with Crippen LogP contribution in [-0.2, 0) is 12.6 Å². The van der Waals surface area contributed by atoms with E-state index in [1.807, 2.05) is 0 Å². The van der Waals surface area contributed by atoms with Gasteiger partial charge in [0.2, 0.25) is 5.82 Å². The molecule has 0 unspecified atom stereocenters. The smallest absolute Gasteiger partial charge is 0.271 e. The Hall–Kier alpha value is -1.21. The van der Waals surface area contributed by atoms with Gasteiger partial charge in [0.1, 0.15) is 0 Å². The molecule has 0 aliphatic carbocycles. The van der Waals surface area contributed by atoms with Crippen LogP contribution in [0.25, 0.3) is 0 Å². The maximum Gasteiger partial charge on any atom is 0.451 e. The quantitative estimate of drug-likeness (QED) is 0.558. The third kappa shape index (κ3) is 2.93. The number of hydrogen-bond acceptors (Lipinski definition) is 4. The summed E-state index contributed by atoms with van der Waals surface area (Å²) in [6.07, 6.45) is -1.69. The molecule has 1 rings (SSSR count). The van der Waals surface area contributed by atoms with E-state index in [-0.39, 0.29) is 0 Å². The molecule has 0 fully saturated rings. The van der Waals surface area contributed by atoms with E-state index < -0.39 is 12.0 Å². The molecular weight excluding hydrogens is 197 g/mol. The van der Waals surface area contributed by atoms with Crippen molar-refractivity contribution >= 4 is 0 Å². The molecular formula is C7H9F3N4. The van der Waals surface area contributed by atoms with Crippen LogP contribution in [0.1, 0.15) is 11.4 Å². The lowest BCUT2D eigenvalue weighted by molar-refractivity contribution is -0.145. The largest absolute Gasteiger partial charge is 0.451 e. The van der Waals surface area contributed by atoms with Crippen molar-refractivity contribution in [2.24, 2.45) is 5.84 Å². The van der Waals surface area contributed by atoms with Gasteiger partial charge in [-0.1, -0.05) is 0 Å². The Balaban J connectivity index is 2.69. The van der Waals surface area contributed by atoms with E-state index in [2.05, 4.69) is 15.4 Å². The van der Waals surface area contributed by atoms with Gasteiger partial charge in [0.15, 0.2) is 0 Å². The molecule has 0 aliphatic heterocycles. The van der Waals surface area contributed by atoms with Crippen molar-refractivity contribution in [3.05, 3.63) is 23.8 Å². The van der Waals surface area contributed by atoms with Crippen LogP contribution >= 0.6 is 0 Å². The summed E-state index contributed by atoms with van der Waals surface area (Å²) in [5, 5.41) is 0. The van der Waals surface area contributed by atoms with Crippen LogP contribution in [-0.4, -0.2) is 16.5 Å². The summed E-state index contributed by atoms with van der Waals surface area (Å²) in [7, 11) is 0. The molecule has 0 aromatic carbocycles. The molecule has 1 heterocycles. The van der Waals surface area contributed by atoms with Crippen molar-refractivity contribution in [1.29, 1.82) is 0 Å². The summed E-state index contributed by atoms with van der Waals surface area (Å²) in [5.41, 5.74) is 2.99. The standard InChI is InChI=1S/C7H9F3N4/c8-7(9,10)6-12-3-5(4-13-6)1-2-14-11/h3-4,14H,1-2,11H2. The van der Waals surface area contributed by atoms with Crippen molar-refractivity contribution in [2.75, 3.05) is 6.54 Å². The minimum absolute atomic E-state index is 0.467. The van der Waals surface area contributed by atoms with Gasteiger partial charge in [0, 0.05) is 18.9 Å². The lowest BCUT2D eigenvalue weighted by Crippen LogP contribution is -2.24. The number of alkyl halides is 3. The molecule has 1 aromatic heterocycles. The topological polar surface area (TPSA) is 63.8 Å². The summed E-state index contributed by atoms with van der Waals surface area (Å²) >= 11 is 0. The Morgan fingerprint density at radius 1 is 1.29 bits per heavy atom. The van der Waals surface area contributed by atoms with Crippen molar-refractivity contribution < 1.29 is 13.2 Å². The molecule has 0 saturated heterocycles. The molecule has 14 heavy (non-hydrogen) atoms. The van der Waals surface area contributed by atoms with Gasteiger partial charge in [-0.25, -0.2) is 9.97 Å². The fourth-order valence-corrected chi connectivity index (χ4v) is 0.847. The second-order valence-electron chi connectivity index (χ2n) is 2.62. The lowest BCUT2D eigenvalue weighted by Gasteiger charge is -2.04. The van der Waals surface area contributed by atoms with E-state index in [0.29, 0.717) is 18.5 Å².